The van der Waals surface area contributed by atoms with Crippen LogP contribution in [0, 0.1) is 11.3 Å². The molecule has 1 saturated carbocycles. The van der Waals surface area contributed by atoms with E-state index in [0.29, 0.717) is 38.1 Å². The fourth-order valence-electron chi connectivity index (χ4n) is 5.97. The number of nitriles is 1. The van der Waals surface area contributed by atoms with Gasteiger partial charge >= 0.3 is 5.69 Å². The Morgan fingerprint density at radius 2 is 1.70 bits per heavy atom. The molecule has 2 fully saturated rings. The number of pyridine rings is 2. The van der Waals surface area contributed by atoms with Crippen molar-refractivity contribution in [3.05, 3.63) is 107 Å². The lowest BCUT2D eigenvalue weighted by molar-refractivity contribution is 0.329. The van der Waals surface area contributed by atoms with Gasteiger partial charge in [0, 0.05) is 31.5 Å². The fourth-order valence-corrected chi connectivity index (χ4v) is 7.44. The Kier molecular flexibility index (Phi) is 7.58. The van der Waals surface area contributed by atoms with E-state index in [1.807, 2.05) is 42.5 Å². The summed E-state index contributed by atoms with van der Waals surface area (Å²) in [6.07, 6.45) is 6.57. The molecule has 4 heterocycles. The third-order valence-electron chi connectivity index (χ3n) is 8.98. The number of ether oxygens (including phenoxy) is 1. The molecular weight excluding hydrogens is 602 g/mol. The van der Waals surface area contributed by atoms with Gasteiger partial charge in [-0.25, -0.2) is 27.3 Å². The lowest BCUT2D eigenvalue weighted by atomic mass is 10.00. The highest BCUT2D eigenvalue weighted by molar-refractivity contribution is 7.89. The number of nitrogens with one attached hydrogen (secondary N) is 1. The zero-order chi connectivity index (χ0) is 31.9. The summed E-state index contributed by atoms with van der Waals surface area (Å²) >= 11 is 0. The van der Waals surface area contributed by atoms with Crippen LogP contribution in [0.3, 0.4) is 0 Å². The smallest absolute Gasteiger partial charge is 0.350 e. The summed E-state index contributed by atoms with van der Waals surface area (Å²) in [6.45, 7) is 1.13. The highest BCUT2D eigenvalue weighted by atomic mass is 32.2. The maximum atomic E-state index is 13.5. The minimum absolute atomic E-state index is 0.108. The van der Waals surface area contributed by atoms with Crippen LogP contribution in [-0.2, 0) is 22.0 Å². The Morgan fingerprint density at radius 3 is 2.33 bits per heavy atom. The average Bonchev–Trinajstić information content (AvgIpc) is 3.84. The van der Waals surface area contributed by atoms with Crippen LogP contribution in [0.25, 0.3) is 16.8 Å². The van der Waals surface area contributed by atoms with Crippen LogP contribution in [0.5, 0.6) is 5.75 Å². The molecule has 0 amide bonds. The minimum Gasteiger partial charge on any atom is -0.497 e. The van der Waals surface area contributed by atoms with Gasteiger partial charge in [-0.15, -0.1) is 5.10 Å². The maximum absolute atomic E-state index is 13.5. The number of aromatic nitrogens is 4. The number of nitrogens with zero attached hydrogens (tertiary/aromatic N) is 6. The van der Waals surface area contributed by atoms with Gasteiger partial charge in [0.25, 0.3) is 0 Å². The van der Waals surface area contributed by atoms with E-state index in [4.69, 9.17) is 4.74 Å². The average molecular weight is 636 g/mol. The molecule has 0 atom stereocenters. The molecule has 1 aliphatic heterocycles. The molecule has 1 aliphatic carbocycles. The molecule has 7 rings (SSSR count). The van der Waals surface area contributed by atoms with Gasteiger partial charge in [0.05, 0.1) is 30.0 Å². The Labute approximate surface area is 266 Å². The maximum Gasteiger partial charge on any atom is 0.350 e. The zero-order valence-electron chi connectivity index (χ0n) is 25.3. The van der Waals surface area contributed by atoms with Gasteiger partial charge in [-0.1, -0.05) is 30.3 Å². The Hall–Kier alpha value is -4.99. The standard InChI is InChI=1S/C34H33N7O4S/c1-45-29-8-2-24(3-9-29)21-41-33(42)40-22-26(6-13-32(40)38-41)25-4-10-30(11-5-25)46(43,44)39-18-14-28(15-19-39)37-31-12-7-27(20-36-31)34(23-35)16-17-34/h2-13,20,22,28H,14-19,21H2,1H3,(H,36,37). The molecule has 46 heavy (non-hydrogen) atoms. The highest BCUT2D eigenvalue weighted by Gasteiger charge is 2.45. The summed E-state index contributed by atoms with van der Waals surface area (Å²) in [4.78, 5) is 17.9. The van der Waals surface area contributed by atoms with Crippen LogP contribution in [0.1, 0.15) is 36.8 Å². The van der Waals surface area contributed by atoms with Crippen molar-refractivity contribution in [1.82, 2.24) is 23.5 Å². The SMILES string of the molecule is COc1ccc(Cn2nc3ccc(-c4ccc(S(=O)(=O)N5CCC(Nc6ccc(C7(C#N)CC7)cn6)CC5)cc4)cn3c2=O)cc1. The molecule has 2 aliphatic rings. The van der Waals surface area contributed by atoms with Crippen molar-refractivity contribution in [2.75, 3.05) is 25.5 Å². The molecule has 0 unspecified atom stereocenters. The summed E-state index contributed by atoms with van der Waals surface area (Å²) in [6, 6.07) is 24.3. The molecule has 2 aromatic carbocycles. The van der Waals surface area contributed by atoms with Crippen LogP contribution in [0.4, 0.5) is 5.82 Å². The topological polar surface area (TPSA) is 135 Å². The van der Waals surface area contributed by atoms with Crippen molar-refractivity contribution < 1.29 is 13.2 Å². The Bertz CT molecular complexity index is 2090. The van der Waals surface area contributed by atoms with Crippen LogP contribution < -0.4 is 15.7 Å². The number of piperidine rings is 1. The van der Waals surface area contributed by atoms with E-state index in [1.54, 1.807) is 49.8 Å². The summed E-state index contributed by atoms with van der Waals surface area (Å²) < 4.78 is 36.6. The van der Waals surface area contributed by atoms with Gasteiger partial charge in [-0.05, 0) is 90.4 Å². The van der Waals surface area contributed by atoms with E-state index >= 15 is 0 Å². The number of benzene rings is 2. The number of sulfonamides is 1. The van der Waals surface area contributed by atoms with Crippen molar-refractivity contribution >= 4 is 21.5 Å². The number of methoxy groups -OCH3 is 1. The molecule has 1 N–H and O–H groups in total. The number of rotatable bonds is 9. The first-order valence-corrected chi connectivity index (χ1v) is 16.7. The normalized spacial score (nSPS) is 16.6. The molecule has 0 spiro atoms. The molecule has 3 aromatic heterocycles. The van der Waals surface area contributed by atoms with E-state index in [2.05, 4.69) is 21.5 Å². The van der Waals surface area contributed by atoms with Gasteiger partial charge in [0.2, 0.25) is 10.0 Å². The quantitative estimate of drug-likeness (QED) is 0.251. The van der Waals surface area contributed by atoms with Crippen molar-refractivity contribution in [1.29, 1.82) is 5.26 Å². The highest BCUT2D eigenvalue weighted by Crippen LogP contribution is 2.47. The third kappa shape index (κ3) is 5.63. The summed E-state index contributed by atoms with van der Waals surface area (Å²) in [5.41, 5.74) is 3.35. The Morgan fingerprint density at radius 1 is 0.978 bits per heavy atom. The monoisotopic (exact) mass is 635 g/mol. The first-order chi connectivity index (χ1) is 22.3. The second kappa shape index (κ2) is 11.7. The van der Waals surface area contributed by atoms with E-state index in [1.165, 1.54) is 13.4 Å². The van der Waals surface area contributed by atoms with Gasteiger partial charge in [-0.2, -0.15) is 9.57 Å². The third-order valence-corrected chi connectivity index (χ3v) is 10.9. The largest absolute Gasteiger partial charge is 0.497 e. The van der Waals surface area contributed by atoms with Crippen LogP contribution >= 0.6 is 0 Å². The zero-order valence-corrected chi connectivity index (χ0v) is 26.2. The second-order valence-electron chi connectivity index (χ2n) is 11.9. The molecule has 11 nitrogen and oxygen atoms in total. The van der Waals surface area contributed by atoms with Gasteiger partial charge in [-0.3, -0.25) is 0 Å². The summed E-state index contributed by atoms with van der Waals surface area (Å²) in [5.74, 6) is 1.48. The predicted octanol–water partition coefficient (Wildman–Crippen LogP) is 4.44. The van der Waals surface area contributed by atoms with Crippen molar-refractivity contribution in [3.8, 4) is 22.9 Å². The second-order valence-corrected chi connectivity index (χ2v) is 13.8. The van der Waals surface area contributed by atoms with E-state index < -0.39 is 10.0 Å². The molecule has 234 valence electrons. The molecule has 0 bridgehead atoms. The van der Waals surface area contributed by atoms with Crippen molar-refractivity contribution in [2.45, 2.75) is 48.6 Å². The van der Waals surface area contributed by atoms with Crippen molar-refractivity contribution in [3.63, 3.8) is 0 Å². The molecule has 0 radical (unpaired) electrons. The number of hydrogen-bond donors (Lipinski definition) is 1. The summed E-state index contributed by atoms with van der Waals surface area (Å²) in [5, 5.41) is 17.3. The molecule has 1 saturated heterocycles. The van der Waals surface area contributed by atoms with Crippen LogP contribution in [0.15, 0.2) is 94.9 Å². The number of fused-ring (bicyclic) bond motifs is 1. The lowest BCUT2D eigenvalue weighted by Crippen LogP contribution is -2.42. The van der Waals surface area contributed by atoms with Gasteiger partial charge in [0.15, 0.2) is 5.65 Å². The summed E-state index contributed by atoms with van der Waals surface area (Å²) in [7, 11) is -2.06. The molecular formula is C34H33N7O4S. The van der Waals surface area contributed by atoms with E-state index in [0.717, 1.165) is 46.7 Å². The van der Waals surface area contributed by atoms with E-state index in [9.17, 15) is 18.5 Å². The van der Waals surface area contributed by atoms with E-state index in [-0.39, 0.29) is 22.0 Å². The number of anilines is 1. The lowest BCUT2D eigenvalue weighted by Gasteiger charge is -2.32. The number of hydrogen-bond acceptors (Lipinski definition) is 8. The van der Waals surface area contributed by atoms with Crippen LogP contribution in [0.2, 0.25) is 0 Å². The molecule has 5 aromatic rings. The Balaban J connectivity index is 0.995. The van der Waals surface area contributed by atoms with Crippen molar-refractivity contribution in [2.24, 2.45) is 0 Å². The predicted molar refractivity (Wildman–Crippen MR) is 173 cm³/mol. The minimum atomic E-state index is -3.66. The van der Waals surface area contributed by atoms with Gasteiger partial charge < -0.3 is 10.1 Å². The fraction of sp³-hybridized carbons (Fsp3) is 0.294. The van der Waals surface area contributed by atoms with Gasteiger partial charge in [0.1, 0.15) is 11.6 Å². The molecule has 12 heteroatoms. The first kappa shape index (κ1) is 29.7. The van der Waals surface area contributed by atoms with Crippen LogP contribution in [-0.4, -0.2) is 58.1 Å². The first-order valence-electron chi connectivity index (χ1n) is 15.3.